The second-order valence-electron chi connectivity index (χ2n) is 2.23. The predicted molar refractivity (Wildman–Crippen MR) is 38.4 cm³/mol. The van der Waals surface area contributed by atoms with Crippen LogP contribution in [0.3, 0.4) is 0 Å². The van der Waals surface area contributed by atoms with Gasteiger partial charge in [-0.2, -0.15) is 0 Å². The highest BCUT2D eigenvalue weighted by Crippen LogP contribution is 2.08. The minimum absolute atomic E-state index is 0.134. The van der Waals surface area contributed by atoms with Crippen LogP contribution in [0.4, 0.5) is 0 Å². The van der Waals surface area contributed by atoms with E-state index >= 15 is 0 Å². The number of nitrogens with zero attached hydrogens (tertiary/aromatic N) is 1. The highest BCUT2D eigenvalue weighted by molar-refractivity contribution is 5.91. The molecule has 0 saturated heterocycles. The Morgan fingerprint density at radius 3 is 3.00 bits per heavy atom. The van der Waals surface area contributed by atoms with Crippen molar-refractivity contribution in [1.82, 2.24) is 4.90 Å². The van der Waals surface area contributed by atoms with Crippen molar-refractivity contribution in [3.63, 3.8) is 0 Å². The highest BCUT2D eigenvalue weighted by atomic mass is 16.7. The van der Waals surface area contributed by atoms with E-state index in [0.29, 0.717) is 6.54 Å². The Balaban J connectivity index is 2.53. The summed E-state index contributed by atoms with van der Waals surface area (Å²) in [4.78, 5) is 12.8. The Hall–Kier alpha value is -1.19. The van der Waals surface area contributed by atoms with Gasteiger partial charge in [0.05, 0.1) is 0 Å². The third kappa shape index (κ3) is 1.63. The van der Waals surface area contributed by atoms with E-state index in [1.54, 1.807) is 11.9 Å². The van der Waals surface area contributed by atoms with E-state index in [4.69, 9.17) is 9.47 Å². The molecule has 0 unspecified atom stereocenters. The third-order valence-electron chi connectivity index (χ3n) is 1.50. The lowest BCUT2D eigenvalue weighted by molar-refractivity contribution is -0.129. The van der Waals surface area contributed by atoms with Gasteiger partial charge in [0.1, 0.15) is 6.26 Å². The summed E-state index contributed by atoms with van der Waals surface area (Å²) in [5.41, 5.74) is 0. The summed E-state index contributed by atoms with van der Waals surface area (Å²) in [5, 5.41) is 0. The van der Waals surface area contributed by atoms with Crippen molar-refractivity contribution in [2.45, 2.75) is 6.92 Å². The molecule has 0 radical (unpaired) electrons. The topological polar surface area (TPSA) is 38.8 Å². The highest BCUT2D eigenvalue weighted by Gasteiger charge is 2.18. The molecule has 1 aliphatic rings. The Labute approximate surface area is 65.4 Å². The molecule has 0 fully saturated rings. The van der Waals surface area contributed by atoms with Crippen molar-refractivity contribution < 1.29 is 14.3 Å². The number of carbonyl (C=O) groups excluding carboxylic acids is 1. The van der Waals surface area contributed by atoms with Gasteiger partial charge in [-0.25, -0.2) is 0 Å². The van der Waals surface area contributed by atoms with Gasteiger partial charge in [-0.3, -0.25) is 4.79 Å². The molecule has 1 heterocycles. The average molecular weight is 157 g/mol. The molecule has 0 spiro atoms. The first-order chi connectivity index (χ1) is 5.25. The van der Waals surface area contributed by atoms with Crippen LogP contribution in [0.2, 0.25) is 0 Å². The molecule has 1 amide bonds. The van der Waals surface area contributed by atoms with E-state index in [-0.39, 0.29) is 18.5 Å². The standard InChI is InChI=1S/C7H11NO3/c1-3-8(2)7(9)6-4-10-5-11-6/h4H,3,5H2,1-2H3. The lowest BCUT2D eigenvalue weighted by atomic mass is 10.4. The van der Waals surface area contributed by atoms with Crippen LogP contribution >= 0.6 is 0 Å². The molecule has 0 aromatic heterocycles. The first-order valence-electron chi connectivity index (χ1n) is 3.45. The van der Waals surface area contributed by atoms with E-state index in [0.717, 1.165) is 0 Å². The van der Waals surface area contributed by atoms with Crippen molar-refractivity contribution in [2.24, 2.45) is 0 Å². The molecule has 1 rings (SSSR count). The Kier molecular flexibility index (Phi) is 2.36. The Morgan fingerprint density at radius 2 is 2.55 bits per heavy atom. The maximum absolute atomic E-state index is 11.2. The van der Waals surface area contributed by atoms with E-state index in [1.165, 1.54) is 6.26 Å². The molecule has 11 heavy (non-hydrogen) atoms. The number of carbonyl (C=O) groups is 1. The number of hydrogen-bond acceptors (Lipinski definition) is 3. The normalized spacial score (nSPS) is 14.9. The number of likely N-dealkylation sites (N-methyl/N-ethyl adjacent to an activating group) is 1. The Bertz CT molecular complexity index is 188. The number of hydrogen-bond donors (Lipinski definition) is 0. The quantitative estimate of drug-likeness (QED) is 0.579. The van der Waals surface area contributed by atoms with E-state index in [9.17, 15) is 4.79 Å². The fourth-order valence-corrected chi connectivity index (χ4v) is 0.685. The van der Waals surface area contributed by atoms with Crippen molar-refractivity contribution in [3.05, 3.63) is 12.0 Å². The summed E-state index contributed by atoms with van der Waals surface area (Å²) in [6.45, 7) is 2.71. The van der Waals surface area contributed by atoms with Crippen LogP contribution in [0.1, 0.15) is 6.92 Å². The third-order valence-corrected chi connectivity index (χ3v) is 1.50. The van der Waals surface area contributed by atoms with Gasteiger partial charge < -0.3 is 14.4 Å². The van der Waals surface area contributed by atoms with Crippen LogP contribution in [-0.4, -0.2) is 31.2 Å². The maximum atomic E-state index is 11.2. The van der Waals surface area contributed by atoms with Gasteiger partial charge in [0, 0.05) is 13.6 Å². The van der Waals surface area contributed by atoms with Crippen LogP contribution in [0.25, 0.3) is 0 Å². The largest absolute Gasteiger partial charge is 0.461 e. The second kappa shape index (κ2) is 3.27. The van der Waals surface area contributed by atoms with E-state index in [2.05, 4.69) is 0 Å². The van der Waals surface area contributed by atoms with Crippen LogP contribution in [0.15, 0.2) is 12.0 Å². The first kappa shape index (κ1) is 7.91. The summed E-state index contributed by atoms with van der Waals surface area (Å²) < 4.78 is 9.63. The summed E-state index contributed by atoms with van der Waals surface area (Å²) >= 11 is 0. The summed E-state index contributed by atoms with van der Waals surface area (Å²) in [6, 6.07) is 0. The molecule has 0 aromatic carbocycles. The monoisotopic (exact) mass is 157 g/mol. The molecule has 0 atom stereocenters. The van der Waals surface area contributed by atoms with E-state index < -0.39 is 0 Å². The van der Waals surface area contributed by atoms with Crippen molar-refractivity contribution in [2.75, 3.05) is 20.4 Å². The van der Waals surface area contributed by atoms with Gasteiger partial charge in [-0.15, -0.1) is 0 Å². The molecular weight excluding hydrogens is 146 g/mol. The molecule has 0 bridgehead atoms. The molecule has 1 aliphatic heterocycles. The summed E-state index contributed by atoms with van der Waals surface area (Å²) in [6.07, 6.45) is 1.34. The van der Waals surface area contributed by atoms with Crippen LogP contribution in [-0.2, 0) is 14.3 Å². The summed E-state index contributed by atoms with van der Waals surface area (Å²) in [5.74, 6) is 0.152. The molecule has 0 aromatic rings. The van der Waals surface area contributed by atoms with Crippen LogP contribution < -0.4 is 0 Å². The molecule has 0 saturated carbocycles. The van der Waals surface area contributed by atoms with Gasteiger partial charge in [-0.1, -0.05) is 0 Å². The number of rotatable bonds is 2. The minimum atomic E-state index is -0.134. The first-order valence-corrected chi connectivity index (χ1v) is 3.45. The minimum Gasteiger partial charge on any atom is -0.461 e. The fraction of sp³-hybridized carbons (Fsp3) is 0.571. The lowest BCUT2D eigenvalue weighted by Gasteiger charge is -2.12. The van der Waals surface area contributed by atoms with Gasteiger partial charge in [0.25, 0.3) is 5.91 Å². The van der Waals surface area contributed by atoms with Crippen molar-refractivity contribution in [1.29, 1.82) is 0 Å². The lowest BCUT2D eigenvalue weighted by Crippen LogP contribution is -2.27. The number of amides is 1. The van der Waals surface area contributed by atoms with Gasteiger partial charge in [-0.05, 0) is 6.92 Å². The average Bonchev–Trinajstić information content (AvgIpc) is 2.53. The molecule has 0 N–H and O–H groups in total. The fourth-order valence-electron chi connectivity index (χ4n) is 0.685. The summed E-state index contributed by atoms with van der Waals surface area (Å²) in [7, 11) is 1.71. The molecular formula is C7H11NO3. The zero-order valence-corrected chi connectivity index (χ0v) is 6.66. The molecule has 4 nitrogen and oxygen atoms in total. The van der Waals surface area contributed by atoms with Crippen molar-refractivity contribution in [3.8, 4) is 0 Å². The zero-order chi connectivity index (χ0) is 8.27. The molecule has 62 valence electrons. The maximum Gasteiger partial charge on any atom is 0.292 e. The predicted octanol–water partition coefficient (Wildman–Crippen LogP) is 0.310. The smallest absolute Gasteiger partial charge is 0.292 e. The van der Waals surface area contributed by atoms with Gasteiger partial charge in [0.2, 0.25) is 12.6 Å². The SMILES string of the molecule is CCN(C)C(=O)C1=COCO1. The van der Waals surface area contributed by atoms with E-state index in [1.807, 2.05) is 6.92 Å². The number of ether oxygens (including phenoxy) is 2. The van der Waals surface area contributed by atoms with Crippen LogP contribution in [0.5, 0.6) is 0 Å². The van der Waals surface area contributed by atoms with Crippen molar-refractivity contribution >= 4 is 5.91 Å². The second-order valence-corrected chi connectivity index (χ2v) is 2.23. The van der Waals surface area contributed by atoms with Crippen LogP contribution in [0, 0.1) is 0 Å². The zero-order valence-electron chi connectivity index (χ0n) is 6.66. The Morgan fingerprint density at radius 1 is 1.82 bits per heavy atom. The molecule has 0 aliphatic carbocycles. The molecule has 4 heteroatoms. The van der Waals surface area contributed by atoms with Gasteiger partial charge >= 0.3 is 0 Å². The van der Waals surface area contributed by atoms with Gasteiger partial charge in [0.15, 0.2) is 0 Å².